The van der Waals surface area contributed by atoms with E-state index in [4.69, 9.17) is 17.3 Å². The first-order chi connectivity index (χ1) is 8.10. The standard InChI is InChI=1S/C14H23ClN2/c1-4-6-9-17(11(3)5-2)14-8-7-12(15)10-13(14)16/h7-8,10-11H,4-6,9,16H2,1-3H3. The molecule has 0 radical (unpaired) electrons. The van der Waals surface area contributed by atoms with Crippen LogP contribution in [-0.2, 0) is 0 Å². The Bertz CT molecular complexity index is 352. The second-order valence-electron chi connectivity index (χ2n) is 4.51. The molecule has 17 heavy (non-hydrogen) atoms. The minimum absolute atomic E-state index is 0.505. The molecule has 0 spiro atoms. The third kappa shape index (κ3) is 3.81. The van der Waals surface area contributed by atoms with E-state index >= 15 is 0 Å². The van der Waals surface area contributed by atoms with Gasteiger partial charge in [0.25, 0.3) is 0 Å². The van der Waals surface area contributed by atoms with E-state index in [0.29, 0.717) is 11.1 Å². The highest BCUT2D eigenvalue weighted by Crippen LogP contribution is 2.28. The highest BCUT2D eigenvalue weighted by atomic mass is 35.5. The number of unbranched alkanes of at least 4 members (excludes halogenated alkanes) is 1. The van der Waals surface area contributed by atoms with Crippen LogP contribution in [0, 0.1) is 0 Å². The number of nitrogens with zero attached hydrogens (tertiary/aromatic N) is 1. The van der Waals surface area contributed by atoms with Crippen LogP contribution in [0.5, 0.6) is 0 Å². The number of anilines is 2. The maximum Gasteiger partial charge on any atom is 0.0603 e. The second-order valence-corrected chi connectivity index (χ2v) is 4.94. The van der Waals surface area contributed by atoms with Crippen molar-refractivity contribution in [2.75, 3.05) is 17.2 Å². The van der Waals surface area contributed by atoms with Crippen molar-refractivity contribution in [1.82, 2.24) is 0 Å². The lowest BCUT2D eigenvalue weighted by Crippen LogP contribution is -2.34. The molecule has 0 amide bonds. The molecule has 0 saturated heterocycles. The molecule has 0 heterocycles. The lowest BCUT2D eigenvalue weighted by Gasteiger charge is -2.32. The van der Waals surface area contributed by atoms with Crippen LogP contribution in [0.1, 0.15) is 40.0 Å². The van der Waals surface area contributed by atoms with Gasteiger partial charge >= 0.3 is 0 Å². The molecule has 2 nitrogen and oxygen atoms in total. The summed E-state index contributed by atoms with van der Waals surface area (Å²) >= 11 is 5.94. The van der Waals surface area contributed by atoms with E-state index in [9.17, 15) is 0 Å². The first kappa shape index (κ1) is 14.2. The average Bonchev–Trinajstić information content (AvgIpc) is 2.31. The summed E-state index contributed by atoms with van der Waals surface area (Å²) in [7, 11) is 0. The van der Waals surface area contributed by atoms with Crippen LogP contribution < -0.4 is 10.6 Å². The summed E-state index contributed by atoms with van der Waals surface area (Å²) in [5.74, 6) is 0. The zero-order chi connectivity index (χ0) is 12.8. The maximum absolute atomic E-state index is 6.06. The van der Waals surface area contributed by atoms with Gasteiger partial charge in [0.05, 0.1) is 11.4 Å². The fraction of sp³-hybridized carbons (Fsp3) is 0.571. The molecule has 0 aliphatic carbocycles. The van der Waals surface area contributed by atoms with Gasteiger partial charge in [-0.3, -0.25) is 0 Å². The molecule has 1 aromatic rings. The zero-order valence-corrected chi connectivity index (χ0v) is 11.8. The third-order valence-electron chi connectivity index (χ3n) is 3.17. The summed E-state index contributed by atoms with van der Waals surface area (Å²) < 4.78 is 0. The fourth-order valence-electron chi connectivity index (χ4n) is 1.91. The van der Waals surface area contributed by atoms with Crippen LogP contribution in [0.25, 0.3) is 0 Å². The van der Waals surface area contributed by atoms with Crippen LogP contribution in [-0.4, -0.2) is 12.6 Å². The zero-order valence-electron chi connectivity index (χ0n) is 11.0. The molecule has 96 valence electrons. The van der Waals surface area contributed by atoms with E-state index < -0.39 is 0 Å². The van der Waals surface area contributed by atoms with Crippen LogP contribution in [0.2, 0.25) is 5.02 Å². The van der Waals surface area contributed by atoms with E-state index in [1.165, 1.54) is 12.8 Å². The summed E-state index contributed by atoms with van der Waals surface area (Å²) in [6.07, 6.45) is 3.50. The SMILES string of the molecule is CCCCN(c1ccc(Cl)cc1N)C(C)CC. The van der Waals surface area contributed by atoms with Crippen LogP contribution in [0.3, 0.4) is 0 Å². The topological polar surface area (TPSA) is 29.3 Å². The average molecular weight is 255 g/mol. The Labute approximate surface area is 110 Å². The van der Waals surface area contributed by atoms with Gasteiger partial charge in [-0.15, -0.1) is 0 Å². The largest absolute Gasteiger partial charge is 0.397 e. The molecule has 1 rings (SSSR count). The third-order valence-corrected chi connectivity index (χ3v) is 3.41. The summed E-state index contributed by atoms with van der Waals surface area (Å²) in [4.78, 5) is 2.38. The predicted molar refractivity (Wildman–Crippen MR) is 77.9 cm³/mol. The number of nitrogen functional groups attached to an aromatic ring is 1. The lowest BCUT2D eigenvalue weighted by atomic mass is 10.1. The number of hydrogen-bond donors (Lipinski definition) is 1. The number of hydrogen-bond acceptors (Lipinski definition) is 2. The molecule has 0 fully saturated rings. The molecule has 0 aromatic heterocycles. The van der Waals surface area contributed by atoms with Gasteiger partial charge in [0, 0.05) is 17.6 Å². The Balaban J connectivity index is 2.95. The molecule has 1 atom stereocenters. The summed E-state index contributed by atoms with van der Waals surface area (Å²) in [5, 5.41) is 0.700. The lowest BCUT2D eigenvalue weighted by molar-refractivity contribution is 0.596. The molecule has 0 saturated carbocycles. The maximum atomic E-state index is 6.06. The Morgan fingerprint density at radius 2 is 2.06 bits per heavy atom. The monoisotopic (exact) mass is 254 g/mol. The summed E-state index contributed by atoms with van der Waals surface area (Å²) in [6, 6.07) is 6.27. The summed E-state index contributed by atoms with van der Waals surface area (Å²) in [5.41, 5.74) is 7.94. The van der Waals surface area contributed by atoms with E-state index in [0.717, 1.165) is 24.3 Å². The van der Waals surface area contributed by atoms with Crippen molar-refractivity contribution in [3.05, 3.63) is 23.2 Å². The van der Waals surface area contributed by atoms with Crippen LogP contribution in [0.15, 0.2) is 18.2 Å². The van der Waals surface area contributed by atoms with Gasteiger partial charge in [-0.25, -0.2) is 0 Å². The van der Waals surface area contributed by atoms with Gasteiger partial charge in [-0.2, -0.15) is 0 Å². The van der Waals surface area contributed by atoms with Gasteiger partial charge in [-0.05, 0) is 38.0 Å². The van der Waals surface area contributed by atoms with Crippen molar-refractivity contribution >= 4 is 23.0 Å². The van der Waals surface area contributed by atoms with Crippen molar-refractivity contribution in [3.8, 4) is 0 Å². The van der Waals surface area contributed by atoms with E-state index in [-0.39, 0.29) is 0 Å². The van der Waals surface area contributed by atoms with Gasteiger partial charge in [0.15, 0.2) is 0 Å². The number of halogens is 1. The van der Waals surface area contributed by atoms with Gasteiger partial charge in [-0.1, -0.05) is 31.9 Å². The molecule has 0 aliphatic heterocycles. The first-order valence-electron chi connectivity index (χ1n) is 6.41. The van der Waals surface area contributed by atoms with Crippen LogP contribution in [0.4, 0.5) is 11.4 Å². The Hall–Kier alpha value is -0.890. The molecule has 0 bridgehead atoms. The van der Waals surface area contributed by atoms with Gasteiger partial charge in [0.2, 0.25) is 0 Å². The highest BCUT2D eigenvalue weighted by molar-refractivity contribution is 6.31. The van der Waals surface area contributed by atoms with E-state index in [2.05, 4.69) is 25.7 Å². The quantitative estimate of drug-likeness (QED) is 0.766. The summed E-state index contributed by atoms with van der Waals surface area (Å²) in [6.45, 7) is 7.71. The molecule has 1 unspecified atom stereocenters. The number of benzene rings is 1. The molecule has 3 heteroatoms. The molecular weight excluding hydrogens is 232 g/mol. The predicted octanol–water partition coefficient (Wildman–Crippen LogP) is 4.33. The second kappa shape index (κ2) is 6.75. The number of rotatable bonds is 6. The van der Waals surface area contributed by atoms with Crippen LogP contribution >= 0.6 is 11.6 Å². The van der Waals surface area contributed by atoms with Gasteiger partial charge in [0.1, 0.15) is 0 Å². The number of nitrogens with two attached hydrogens (primary N) is 1. The van der Waals surface area contributed by atoms with E-state index in [1.807, 2.05) is 18.2 Å². The van der Waals surface area contributed by atoms with Crippen molar-refractivity contribution in [1.29, 1.82) is 0 Å². The molecule has 1 aromatic carbocycles. The normalized spacial score (nSPS) is 12.5. The van der Waals surface area contributed by atoms with Crippen molar-refractivity contribution in [2.24, 2.45) is 0 Å². The Kier molecular flexibility index (Phi) is 5.63. The van der Waals surface area contributed by atoms with Crippen molar-refractivity contribution < 1.29 is 0 Å². The first-order valence-corrected chi connectivity index (χ1v) is 6.79. The minimum atomic E-state index is 0.505. The van der Waals surface area contributed by atoms with Crippen molar-refractivity contribution in [2.45, 2.75) is 46.1 Å². The van der Waals surface area contributed by atoms with Crippen molar-refractivity contribution in [3.63, 3.8) is 0 Å². The smallest absolute Gasteiger partial charge is 0.0603 e. The minimum Gasteiger partial charge on any atom is -0.397 e. The molecule has 2 N–H and O–H groups in total. The Morgan fingerprint density at radius 1 is 1.35 bits per heavy atom. The molecular formula is C14H23ClN2. The Morgan fingerprint density at radius 3 is 2.59 bits per heavy atom. The molecule has 0 aliphatic rings. The van der Waals surface area contributed by atoms with Gasteiger partial charge < -0.3 is 10.6 Å². The highest BCUT2D eigenvalue weighted by Gasteiger charge is 2.14. The fourth-order valence-corrected chi connectivity index (χ4v) is 2.09. The van der Waals surface area contributed by atoms with E-state index in [1.54, 1.807) is 0 Å².